The van der Waals surface area contributed by atoms with Crippen LogP contribution >= 0.6 is 37.2 Å². The molecule has 0 aromatic rings. The molecule has 0 aliphatic carbocycles. The maximum Gasteiger partial charge on any atom is 0.304 e. The summed E-state index contributed by atoms with van der Waals surface area (Å²) in [7, 11) is 0. The fraction of sp³-hybridized carbons (Fsp3) is 0.947. The molecule has 6 nitrogen and oxygen atoms in total. The molecule has 3 rings (SSSR count). The van der Waals surface area contributed by atoms with E-state index in [1.54, 1.807) is 0 Å². The van der Waals surface area contributed by atoms with Crippen LogP contribution in [0.2, 0.25) is 0 Å². The molecule has 0 amide bonds. The molecule has 0 atom stereocenters. The highest BCUT2D eigenvalue weighted by Crippen LogP contribution is 2.20. The SMILES string of the molecule is Cl.Cl.Cl.O=C(O)CCN1CCC(N2CCN(CCC3CCNCC3)CC2)CC1. The van der Waals surface area contributed by atoms with E-state index < -0.39 is 5.97 Å². The smallest absolute Gasteiger partial charge is 0.304 e. The number of piperazine rings is 1. The van der Waals surface area contributed by atoms with Gasteiger partial charge in [-0.1, -0.05) is 0 Å². The third kappa shape index (κ3) is 9.33. The van der Waals surface area contributed by atoms with Crippen molar-refractivity contribution in [1.29, 1.82) is 0 Å². The zero-order valence-corrected chi connectivity index (χ0v) is 19.3. The number of nitrogens with one attached hydrogen (secondary N) is 1. The lowest BCUT2D eigenvalue weighted by molar-refractivity contribution is -0.137. The molecule has 9 heteroatoms. The number of halogens is 3. The summed E-state index contributed by atoms with van der Waals surface area (Å²) >= 11 is 0. The van der Waals surface area contributed by atoms with E-state index in [1.165, 1.54) is 77.9 Å². The Morgan fingerprint density at radius 3 is 1.96 bits per heavy atom. The van der Waals surface area contributed by atoms with Crippen LogP contribution in [0.15, 0.2) is 0 Å². The van der Waals surface area contributed by atoms with Crippen LogP contribution in [-0.2, 0) is 4.79 Å². The third-order valence-electron chi connectivity index (χ3n) is 6.43. The van der Waals surface area contributed by atoms with Crippen molar-refractivity contribution in [3.05, 3.63) is 0 Å². The van der Waals surface area contributed by atoms with Crippen molar-refractivity contribution in [1.82, 2.24) is 20.0 Å². The molecule has 0 saturated carbocycles. The second-order valence-corrected chi connectivity index (χ2v) is 8.08. The lowest BCUT2D eigenvalue weighted by Crippen LogP contribution is -2.53. The molecule has 3 aliphatic heterocycles. The van der Waals surface area contributed by atoms with Gasteiger partial charge in [-0.15, -0.1) is 37.2 Å². The zero-order chi connectivity index (χ0) is 17.5. The number of hydrogen-bond donors (Lipinski definition) is 2. The topological polar surface area (TPSA) is 59.1 Å². The van der Waals surface area contributed by atoms with Gasteiger partial charge in [0.1, 0.15) is 0 Å². The van der Waals surface area contributed by atoms with Gasteiger partial charge in [0.05, 0.1) is 6.42 Å². The highest BCUT2D eigenvalue weighted by Gasteiger charge is 2.27. The predicted octanol–water partition coefficient (Wildman–Crippen LogP) is 2.20. The maximum absolute atomic E-state index is 10.7. The minimum absolute atomic E-state index is 0. The van der Waals surface area contributed by atoms with Gasteiger partial charge in [-0.05, 0) is 70.7 Å². The standard InChI is InChI=1S/C19H36N4O2.3ClH/c24-19(25)6-12-21-10-4-18(5-11-21)23-15-13-22(14-16-23)9-3-17-1-7-20-8-2-17;;;/h17-18,20H,1-16H2,(H,24,25);3*1H. The molecule has 0 aromatic heterocycles. The van der Waals surface area contributed by atoms with Gasteiger partial charge in [0.2, 0.25) is 0 Å². The Hall–Kier alpha value is 0.180. The summed E-state index contributed by atoms with van der Waals surface area (Å²) in [5, 5.41) is 12.3. The molecule has 3 saturated heterocycles. The second kappa shape index (κ2) is 15.1. The molecule has 3 aliphatic rings. The van der Waals surface area contributed by atoms with E-state index in [0.29, 0.717) is 12.6 Å². The van der Waals surface area contributed by atoms with Crippen molar-refractivity contribution in [3.8, 4) is 0 Å². The Labute approximate surface area is 189 Å². The summed E-state index contributed by atoms with van der Waals surface area (Å²) in [5.41, 5.74) is 0. The molecule has 3 fully saturated rings. The fourth-order valence-corrected chi connectivity index (χ4v) is 4.65. The highest BCUT2D eigenvalue weighted by molar-refractivity contribution is 5.86. The Morgan fingerprint density at radius 1 is 0.821 bits per heavy atom. The lowest BCUT2D eigenvalue weighted by Gasteiger charge is -2.43. The van der Waals surface area contributed by atoms with Crippen LogP contribution in [0.25, 0.3) is 0 Å². The molecule has 0 unspecified atom stereocenters. The summed E-state index contributed by atoms with van der Waals surface area (Å²) in [6, 6.07) is 0.715. The Morgan fingerprint density at radius 2 is 1.39 bits per heavy atom. The number of carbonyl (C=O) groups is 1. The maximum atomic E-state index is 10.7. The van der Waals surface area contributed by atoms with Crippen LogP contribution in [0.5, 0.6) is 0 Å². The van der Waals surface area contributed by atoms with Gasteiger partial charge in [-0.3, -0.25) is 9.69 Å². The first-order chi connectivity index (χ1) is 12.2. The fourth-order valence-electron chi connectivity index (χ4n) is 4.65. The number of rotatable bonds is 7. The van der Waals surface area contributed by atoms with Gasteiger partial charge in [0, 0.05) is 38.8 Å². The average molecular weight is 462 g/mol. The van der Waals surface area contributed by atoms with E-state index in [4.69, 9.17) is 5.11 Å². The van der Waals surface area contributed by atoms with Crippen molar-refractivity contribution in [3.63, 3.8) is 0 Å². The van der Waals surface area contributed by atoms with E-state index in [9.17, 15) is 4.79 Å². The van der Waals surface area contributed by atoms with Crippen molar-refractivity contribution < 1.29 is 9.90 Å². The van der Waals surface area contributed by atoms with Crippen LogP contribution in [0.1, 0.15) is 38.5 Å². The summed E-state index contributed by atoms with van der Waals surface area (Å²) < 4.78 is 0. The van der Waals surface area contributed by atoms with Crippen LogP contribution in [-0.4, -0.2) is 97.3 Å². The molecule has 2 N–H and O–H groups in total. The zero-order valence-electron chi connectivity index (χ0n) is 16.9. The Kier molecular flexibility index (Phi) is 15.1. The number of carboxylic acids is 1. The molecule has 0 bridgehead atoms. The monoisotopic (exact) mass is 460 g/mol. The first kappa shape index (κ1) is 28.2. The van der Waals surface area contributed by atoms with E-state index in [-0.39, 0.29) is 43.6 Å². The third-order valence-corrected chi connectivity index (χ3v) is 6.43. The molecular weight excluding hydrogens is 423 g/mol. The normalized spacial score (nSPS) is 23.3. The number of carboxylic acid groups (broad SMARTS) is 1. The van der Waals surface area contributed by atoms with E-state index in [1.807, 2.05) is 0 Å². The van der Waals surface area contributed by atoms with Crippen LogP contribution in [0.3, 0.4) is 0 Å². The number of hydrogen-bond acceptors (Lipinski definition) is 5. The van der Waals surface area contributed by atoms with Gasteiger partial charge in [0.25, 0.3) is 0 Å². The number of nitrogens with zero attached hydrogens (tertiary/aromatic N) is 3. The summed E-state index contributed by atoms with van der Waals surface area (Å²) in [5.74, 6) is 0.261. The van der Waals surface area contributed by atoms with Crippen molar-refractivity contribution in [2.75, 3.05) is 65.4 Å². The van der Waals surface area contributed by atoms with Crippen LogP contribution < -0.4 is 5.32 Å². The molecule has 168 valence electrons. The Bertz CT molecular complexity index is 412. The first-order valence-corrected chi connectivity index (χ1v) is 10.3. The summed E-state index contributed by atoms with van der Waals surface area (Å²) in [4.78, 5) is 18.4. The van der Waals surface area contributed by atoms with Crippen LogP contribution in [0, 0.1) is 5.92 Å². The molecule has 28 heavy (non-hydrogen) atoms. The van der Waals surface area contributed by atoms with Crippen LogP contribution in [0.4, 0.5) is 0 Å². The molecule has 0 spiro atoms. The second-order valence-electron chi connectivity index (χ2n) is 8.08. The van der Waals surface area contributed by atoms with Crippen molar-refractivity contribution >= 4 is 43.2 Å². The number of piperidine rings is 2. The molecule has 0 aromatic carbocycles. The van der Waals surface area contributed by atoms with Crippen molar-refractivity contribution in [2.45, 2.75) is 44.6 Å². The largest absolute Gasteiger partial charge is 0.481 e. The number of likely N-dealkylation sites (tertiary alicyclic amines) is 1. The van der Waals surface area contributed by atoms with E-state index >= 15 is 0 Å². The van der Waals surface area contributed by atoms with Crippen molar-refractivity contribution in [2.24, 2.45) is 5.92 Å². The van der Waals surface area contributed by atoms with E-state index in [2.05, 4.69) is 20.0 Å². The minimum Gasteiger partial charge on any atom is -0.481 e. The molecule has 3 heterocycles. The average Bonchev–Trinajstić information content (AvgIpc) is 2.66. The minimum atomic E-state index is -0.678. The van der Waals surface area contributed by atoms with Gasteiger partial charge >= 0.3 is 5.97 Å². The lowest BCUT2D eigenvalue weighted by atomic mass is 9.94. The molecular formula is C19H39Cl3N4O2. The quantitative estimate of drug-likeness (QED) is 0.606. The van der Waals surface area contributed by atoms with Gasteiger partial charge in [0.15, 0.2) is 0 Å². The summed E-state index contributed by atoms with van der Waals surface area (Å²) in [6.45, 7) is 11.4. The number of aliphatic carboxylic acids is 1. The highest BCUT2D eigenvalue weighted by atomic mass is 35.5. The first-order valence-electron chi connectivity index (χ1n) is 10.3. The van der Waals surface area contributed by atoms with E-state index in [0.717, 1.165) is 19.0 Å². The van der Waals surface area contributed by atoms with Gasteiger partial charge < -0.3 is 20.2 Å². The Balaban J connectivity index is 0.00000243. The van der Waals surface area contributed by atoms with Gasteiger partial charge in [-0.2, -0.15) is 0 Å². The van der Waals surface area contributed by atoms with Gasteiger partial charge in [-0.25, -0.2) is 0 Å². The molecule has 0 radical (unpaired) electrons. The summed E-state index contributed by atoms with van der Waals surface area (Å²) in [6.07, 6.45) is 6.79. The predicted molar refractivity (Wildman–Crippen MR) is 122 cm³/mol.